The van der Waals surface area contributed by atoms with Gasteiger partial charge in [0.05, 0.1) is 17.5 Å². The molecular formula is C22H21NO4. The minimum atomic E-state index is -0.893. The minimum absolute atomic E-state index is 0.0874. The summed E-state index contributed by atoms with van der Waals surface area (Å²) < 4.78 is 0. The van der Waals surface area contributed by atoms with E-state index in [2.05, 4.69) is 5.32 Å². The fraction of sp³-hybridized carbons (Fsp3) is 0.318. The zero-order valence-corrected chi connectivity index (χ0v) is 14.8. The molecule has 2 aliphatic carbocycles. The van der Waals surface area contributed by atoms with Crippen LogP contribution in [0, 0.1) is 23.7 Å². The number of aliphatic carboxylic acids is 1. The Bertz CT molecular complexity index is 892. The van der Waals surface area contributed by atoms with Gasteiger partial charge in [-0.2, -0.15) is 0 Å². The Morgan fingerprint density at radius 1 is 0.852 bits per heavy atom. The van der Waals surface area contributed by atoms with Crippen molar-refractivity contribution in [3.63, 3.8) is 0 Å². The summed E-state index contributed by atoms with van der Waals surface area (Å²) >= 11 is 0. The highest BCUT2D eigenvalue weighted by Gasteiger charge is 2.54. The second-order valence-corrected chi connectivity index (χ2v) is 7.45. The third kappa shape index (κ3) is 3.14. The summed E-state index contributed by atoms with van der Waals surface area (Å²) in [5.74, 6) is -2.30. The van der Waals surface area contributed by atoms with Crippen LogP contribution in [0.4, 0.5) is 5.69 Å². The van der Waals surface area contributed by atoms with Gasteiger partial charge >= 0.3 is 5.97 Å². The zero-order chi connectivity index (χ0) is 19.0. The van der Waals surface area contributed by atoms with E-state index in [0.717, 1.165) is 19.3 Å². The van der Waals surface area contributed by atoms with E-state index in [4.69, 9.17) is 0 Å². The highest BCUT2D eigenvalue weighted by molar-refractivity contribution is 6.14. The Kier molecular flexibility index (Phi) is 4.52. The highest BCUT2D eigenvalue weighted by atomic mass is 16.4. The molecule has 27 heavy (non-hydrogen) atoms. The number of carbonyl (C=O) groups is 3. The lowest BCUT2D eigenvalue weighted by Crippen LogP contribution is -2.38. The molecule has 138 valence electrons. The van der Waals surface area contributed by atoms with Crippen molar-refractivity contribution in [3.8, 4) is 0 Å². The van der Waals surface area contributed by atoms with Gasteiger partial charge in [-0.15, -0.1) is 0 Å². The van der Waals surface area contributed by atoms with Gasteiger partial charge in [0.15, 0.2) is 5.78 Å². The molecule has 0 spiro atoms. The predicted molar refractivity (Wildman–Crippen MR) is 100 cm³/mol. The third-order valence-electron chi connectivity index (χ3n) is 5.97. The second kappa shape index (κ2) is 6.99. The third-order valence-corrected chi connectivity index (χ3v) is 5.97. The second-order valence-electron chi connectivity index (χ2n) is 7.45. The van der Waals surface area contributed by atoms with Crippen LogP contribution in [0.2, 0.25) is 0 Å². The standard InChI is InChI=1S/C22H21NO4/c24-20(13-6-2-1-3-7-13)16-8-4-5-9-17(16)23-21(25)18-14-10-11-15(12-14)19(18)22(26)27/h1-9,14-15,18-19H,10-12H2,(H,23,25)(H,26,27)/t14-,15+,18-,19+/m0/s1. The molecule has 0 aliphatic heterocycles. The van der Waals surface area contributed by atoms with Gasteiger partial charge in [0.2, 0.25) is 5.91 Å². The number of ketones is 1. The molecule has 2 N–H and O–H groups in total. The molecule has 5 heteroatoms. The quantitative estimate of drug-likeness (QED) is 0.795. The normalized spacial score (nSPS) is 25.9. The van der Waals surface area contributed by atoms with Crippen molar-refractivity contribution in [2.45, 2.75) is 19.3 Å². The van der Waals surface area contributed by atoms with E-state index >= 15 is 0 Å². The molecule has 2 aromatic rings. The predicted octanol–water partition coefficient (Wildman–Crippen LogP) is 3.60. The van der Waals surface area contributed by atoms with Crippen molar-refractivity contribution in [1.29, 1.82) is 0 Å². The largest absolute Gasteiger partial charge is 0.481 e. The molecular weight excluding hydrogens is 342 g/mol. The number of carboxylic acid groups (broad SMARTS) is 1. The summed E-state index contributed by atoms with van der Waals surface area (Å²) in [4.78, 5) is 37.5. The number of fused-ring (bicyclic) bond motifs is 2. The Hall–Kier alpha value is -2.95. The van der Waals surface area contributed by atoms with Gasteiger partial charge in [0, 0.05) is 11.1 Å². The summed E-state index contributed by atoms with van der Waals surface area (Å²) in [5.41, 5.74) is 1.39. The van der Waals surface area contributed by atoms with Crippen LogP contribution in [-0.2, 0) is 9.59 Å². The van der Waals surface area contributed by atoms with Crippen molar-refractivity contribution < 1.29 is 19.5 Å². The van der Waals surface area contributed by atoms with E-state index in [1.54, 1.807) is 48.5 Å². The van der Waals surface area contributed by atoms with Crippen molar-refractivity contribution in [1.82, 2.24) is 0 Å². The monoisotopic (exact) mass is 363 g/mol. The van der Waals surface area contributed by atoms with Gasteiger partial charge < -0.3 is 10.4 Å². The van der Waals surface area contributed by atoms with Crippen molar-refractivity contribution in [2.75, 3.05) is 5.32 Å². The van der Waals surface area contributed by atoms with Crippen LogP contribution >= 0.6 is 0 Å². The molecule has 4 rings (SSSR count). The van der Waals surface area contributed by atoms with E-state index in [0.29, 0.717) is 16.8 Å². The van der Waals surface area contributed by atoms with Crippen molar-refractivity contribution >= 4 is 23.3 Å². The summed E-state index contributed by atoms with van der Waals surface area (Å²) in [6, 6.07) is 15.8. The topological polar surface area (TPSA) is 83.5 Å². The molecule has 2 bridgehead atoms. The van der Waals surface area contributed by atoms with Crippen molar-refractivity contribution in [3.05, 3.63) is 65.7 Å². The molecule has 0 aromatic heterocycles. The smallest absolute Gasteiger partial charge is 0.307 e. The van der Waals surface area contributed by atoms with E-state index < -0.39 is 17.8 Å². The number of rotatable bonds is 5. The molecule has 0 heterocycles. The maximum Gasteiger partial charge on any atom is 0.307 e. The fourth-order valence-corrected chi connectivity index (χ4v) is 4.78. The maximum atomic E-state index is 12.9. The number of para-hydroxylation sites is 1. The van der Waals surface area contributed by atoms with Gasteiger partial charge in [-0.1, -0.05) is 42.5 Å². The first kappa shape index (κ1) is 17.5. The maximum absolute atomic E-state index is 12.9. The number of anilines is 1. The molecule has 2 fully saturated rings. The zero-order valence-electron chi connectivity index (χ0n) is 14.8. The molecule has 4 atom stereocenters. The van der Waals surface area contributed by atoms with Crippen molar-refractivity contribution in [2.24, 2.45) is 23.7 Å². The number of hydrogen-bond donors (Lipinski definition) is 2. The Labute approximate surface area is 157 Å². The molecule has 2 aliphatic rings. The molecule has 2 saturated carbocycles. The average Bonchev–Trinajstić information content (AvgIpc) is 3.30. The first-order chi connectivity index (χ1) is 13.1. The van der Waals surface area contributed by atoms with Crippen LogP contribution in [0.15, 0.2) is 54.6 Å². The lowest BCUT2D eigenvalue weighted by Gasteiger charge is -2.27. The number of carboxylic acids is 1. The van der Waals surface area contributed by atoms with Crippen LogP contribution in [0.25, 0.3) is 0 Å². The Morgan fingerprint density at radius 2 is 1.48 bits per heavy atom. The molecule has 5 nitrogen and oxygen atoms in total. The number of amides is 1. The van der Waals surface area contributed by atoms with Crippen LogP contribution in [0.1, 0.15) is 35.2 Å². The average molecular weight is 363 g/mol. The minimum Gasteiger partial charge on any atom is -0.481 e. The first-order valence-electron chi connectivity index (χ1n) is 9.28. The molecule has 0 saturated heterocycles. The number of hydrogen-bond acceptors (Lipinski definition) is 3. The van der Waals surface area contributed by atoms with E-state index in [1.807, 2.05) is 6.07 Å². The lowest BCUT2D eigenvalue weighted by molar-refractivity contribution is -0.148. The highest BCUT2D eigenvalue weighted by Crippen LogP contribution is 2.52. The molecule has 1 amide bonds. The summed E-state index contributed by atoms with van der Waals surface area (Å²) in [6.45, 7) is 0. The van der Waals surface area contributed by atoms with Gasteiger partial charge in [0.25, 0.3) is 0 Å². The molecule has 2 aromatic carbocycles. The van der Waals surface area contributed by atoms with E-state index in [-0.39, 0.29) is 23.5 Å². The molecule has 0 radical (unpaired) electrons. The fourth-order valence-electron chi connectivity index (χ4n) is 4.78. The van der Waals surface area contributed by atoms with Gasteiger partial charge in [-0.3, -0.25) is 14.4 Å². The summed E-state index contributed by atoms with van der Waals surface area (Å²) in [6.07, 6.45) is 2.59. The van der Waals surface area contributed by atoms with Crippen LogP contribution < -0.4 is 5.32 Å². The number of nitrogens with one attached hydrogen (secondary N) is 1. The molecule has 0 unspecified atom stereocenters. The van der Waals surface area contributed by atoms with E-state index in [9.17, 15) is 19.5 Å². The SMILES string of the molecule is O=C(c1ccccc1)c1ccccc1NC(=O)[C@H]1[C@H]2CC[C@H](C2)[C@H]1C(=O)O. The summed E-state index contributed by atoms with van der Waals surface area (Å²) in [7, 11) is 0. The number of carbonyl (C=O) groups excluding carboxylic acids is 2. The summed E-state index contributed by atoms with van der Waals surface area (Å²) in [5, 5.41) is 12.4. The van der Waals surface area contributed by atoms with Crippen LogP contribution in [-0.4, -0.2) is 22.8 Å². The first-order valence-corrected chi connectivity index (χ1v) is 9.28. The van der Waals surface area contributed by atoms with Crippen LogP contribution in [0.5, 0.6) is 0 Å². The van der Waals surface area contributed by atoms with Crippen LogP contribution in [0.3, 0.4) is 0 Å². The van der Waals surface area contributed by atoms with Gasteiger partial charge in [-0.05, 0) is 43.2 Å². The lowest BCUT2D eigenvalue weighted by atomic mass is 9.78. The Morgan fingerprint density at radius 3 is 2.19 bits per heavy atom. The Balaban J connectivity index is 1.59. The van der Waals surface area contributed by atoms with Gasteiger partial charge in [-0.25, -0.2) is 0 Å². The van der Waals surface area contributed by atoms with E-state index in [1.165, 1.54) is 0 Å². The van der Waals surface area contributed by atoms with Gasteiger partial charge in [0.1, 0.15) is 0 Å². The number of benzene rings is 2.